The highest BCUT2D eigenvalue weighted by Crippen LogP contribution is 2.40. The molecule has 3 rings (SSSR count). The molecular formula is C33H44N6O7. The predicted molar refractivity (Wildman–Crippen MR) is 171 cm³/mol. The molecule has 1 fully saturated rings. The second-order valence-corrected chi connectivity index (χ2v) is 13.2. The quantitative estimate of drug-likeness (QED) is 0.125. The minimum absolute atomic E-state index is 0.0445. The van der Waals surface area contributed by atoms with Crippen molar-refractivity contribution < 1.29 is 33.8 Å². The van der Waals surface area contributed by atoms with E-state index in [9.17, 15) is 29.1 Å². The lowest BCUT2D eigenvalue weighted by molar-refractivity contribution is -0.141. The van der Waals surface area contributed by atoms with Crippen LogP contribution in [0.5, 0.6) is 0 Å². The molecule has 6 N–H and O–H groups in total. The normalized spacial score (nSPS) is 17.9. The SMILES string of the molecule is CC(C)CC(C(=O)NC[C@H](NC(=O)OCC(C)(C)C)C(=O)O)N1C(=O)N(Cc2ccccc2)[C@@](C)(c2ccc(C(=N)N)cc2)C1=O. The topological polar surface area (TPSA) is 195 Å². The molecule has 0 saturated carbocycles. The molecule has 0 aliphatic carbocycles. The Morgan fingerprint density at radius 3 is 2.17 bits per heavy atom. The molecular weight excluding hydrogens is 592 g/mol. The maximum atomic E-state index is 14.4. The van der Waals surface area contributed by atoms with Crippen LogP contribution in [0.3, 0.4) is 0 Å². The number of nitrogen functional groups attached to an aromatic ring is 1. The molecule has 1 unspecified atom stereocenters. The first-order valence-corrected chi connectivity index (χ1v) is 15.0. The highest BCUT2D eigenvalue weighted by atomic mass is 16.5. The molecule has 1 aliphatic rings. The summed E-state index contributed by atoms with van der Waals surface area (Å²) in [5.74, 6) is -3.08. The summed E-state index contributed by atoms with van der Waals surface area (Å²) in [6.07, 6.45) is -0.857. The van der Waals surface area contributed by atoms with Crippen molar-refractivity contribution in [3.05, 3.63) is 71.3 Å². The van der Waals surface area contributed by atoms with E-state index in [-0.39, 0.29) is 36.7 Å². The Morgan fingerprint density at radius 2 is 1.65 bits per heavy atom. The minimum atomic E-state index is -1.53. The number of amidine groups is 1. The monoisotopic (exact) mass is 636 g/mol. The molecule has 13 nitrogen and oxygen atoms in total. The number of carboxylic acids is 1. The summed E-state index contributed by atoms with van der Waals surface area (Å²) in [6.45, 7) is 10.4. The number of ether oxygens (including phenoxy) is 1. The van der Waals surface area contributed by atoms with E-state index in [0.29, 0.717) is 11.1 Å². The molecule has 3 atom stereocenters. The number of carbonyl (C=O) groups excluding carboxylic acids is 4. The van der Waals surface area contributed by atoms with E-state index in [1.807, 2.05) is 65.0 Å². The fourth-order valence-corrected chi connectivity index (χ4v) is 5.04. The molecule has 13 heteroatoms. The number of nitrogens with one attached hydrogen (secondary N) is 3. The highest BCUT2D eigenvalue weighted by Gasteiger charge is 2.58. The lowest BCUT2D eigenvalue weighted by Crippen LogP contribution is -2.55. The summed E-state index contributed by atoms with van der Waals surface area (Å²) in [5, 5.41) is 22.2. The first-order chi connectivity index (χ1) is 21.5. The molecule has 1 aliphatic heterocycles. The van der Waals surface area contributed by atoms with Gasteiger partial charge in [-0.25, -0.2) is 19.3 Å². The number of carbonyl (C=O) groups is 5. The first-order valence-electron chi connectivity index (χ1n) is 15.0. The zero-order chi connectivity index (χ0) is 34.4. The van der Waals surface area contributed by atoms with Crippen molar-refractivity contribution in [3.63, 3.8) is 0 Å². The molecule has 0 aromatic heterocycles. The Morgan fingerprint density at radius 1 is 1.04 bits per heavy atom. The molecule has 0 bridgehead atoms. The fraction of sp³-hybridized carbons (Fsp3) is 0.455. The van der Waals surface area contributed by atoms with Gasteiger partial charge in [0.1, 0.15) is 23.5 Å². The van der Waals surface area contributed by atoms with Gasteiger partial charge in [-0.05, 0) is 35.8 Å². The lowest BCUT2D eigenvalue weighted by Gasteiger charge is -2.32. The van der Waals surface area contributed by atoms with Crippen molar-refractivity contribution >= 4 is 35.7 Å². The highest BCUT2D eigenvalue weighted by molar-refractivity contribution is 6.10. The van der Waals surface area contributed by atoms with Gasteiger partial charge in [-0.3, -0.25) is 15.0 Å². The van der Waals surface area contributed by atoms with Gasteiger partial charge in [0, 0.05) is 18.7 Å². The van der Waals surface area contributed by atoms with E-state index in [1.54, 1.807) is 31.2 Å². The molecule has 1 heterocycles. The number of alkyl carbamates (subject to hydrolysis) is 1. The van der Waals surface area contributed by atoms with Crippen molar-refractivity contribution in [1.82, 2.24) is 20.4 Å². The Kier molecular flexibility index (Phi) is 11.2. The van der Waals surface area contributed by atoms with Crippen LogP contribution in [0.2, 0.25) is 0 Å². The summed E-state index contributed by atoms with van der Waals surface area (Å²) in [4.78, 5) is 68.8. The Labute approximate surface area is 269 Å². The molecule has 0 radical (unpaired) electrons. The number of urea groups is 1. The second-order valence-electron chi connectivity index (χ2n) is 13.2. The summed E-state index contributed by atoms with van der Waals surface area (Å²) in [5.41, 5.74) is 5.42. The van der Waals surface area contributed by atoms with Gasteiger partial charge in [0.2, 0.25) is 5.91 Å². The number of hydrogen-bond donors (Lipinski definition) is 5. The van der Waals surface area contributed by atoms with Crippen LogP contribution in [0.15, 0.2) is 54.6 Å². The number of aliphatic carboxylic acids is 1. The van der Waals surface area contributed by atoms with E-state index in [1.165, 1.54) is 4.90 Å². The third-order valence-electron chi connectivity index (χ3n) is 7.57. The van der Waals surface area contributed by atoms with Gasteiger partial charge in [0.25, 0.3) is 5.91 Å². The largest absolute Gasteiger partial charge is 0.480 e. The summed E-state index contributed by atoms with van der Waals surface area (Å²) >= 11 is 0. The maximum Gasteiger partial charge on any atom is 0.407 e. The minimum Gasteiger partial charge on any atom is -0.480 e. The van der Waals surface area contributed by atoms with E-state index in [2.05, 4.69) is 10.6 Å². The van der Waals surface area contributed by atoms with Crippen molar-refractivity contribution in [2.24, 2.45) is 17.1 Å². The average Bonchev–Trinajstić information content (AvgIpc) is 3.17. The maximum absolute atomic E-state index is 14.4. The number of amides is 5. The molecule has 5 amide bonds. The van der Waals surface area contributed by atoms with Crippen LogP contribution in [-0.2, 0) is 31.2 Å². The first kappa shape index (κ1) is 35.5. The number of benzene rings is 2. The van der Waals surface area contributed by atoms with Crippen LogP contribution in [-0.4, -0.2) is 75.9 Å². The molecule has 248 valence electrons. The summed E-state index contributed by atoms with van der Waals surface area (Å²) in [7, 11) is 0. The van der Waals surface area contributed by atoms with Gasteiger partial charge >= 0.3 is 18.1 Å². The van der Waals surface area contributed by atoms with Gasteiger partial charge in [0.15, 0.2) is 0 Å². The van der Waals surface area contributed by atoms with E-state index in [4.69, 9.17) is 15.9 Å². The van der Waals surface area contributed by atoms with E-state index in [0.717, 1.165) is 10.5 Å². The molecule has 1 saturated heterocycles. The third kappa shape index (κ3) is 8.40. The van der Waals surface area contributed by atoms with Crippen LogP contribution in [0.25, 0.3) is 0 Å². The van der Waals surface area contributed by atoms with Gasteiger partial charge < -0.3 is 31.1 Å². The zero-order valence-electron chi connectivity index (χ0n) is 27.1. The smallest absolute Gasteiger partial charge is 0.407 e. The number of hydrogen-bond acceptors (Lipinski definition) is 7. The fourth-order valence-electron chi connectivity index (χ4n) is 5.04. The Bertz CT molecular complexity index is 1460. The number of nitrogens with two attached hydrogens (primary N) is 1. The van der Waals surface area contributed by atoms with Crippen molar-refractivity contribution in [2.45, 2.75) is 72.1 Å². The van der Waals surface area contributed by atoms with Crippen LogP contribution >= 0.6 is 0 Å². The van der Waals surface area contributed by atoms with Crippen molar-refractivity contribution in [2.75, 3.05) is 13.2 Å². The van der Waals surface area contributed by atoms with Crippen LogP contribution in [0.4, 0.5) is 9.59 Å². The zero-order valence-corrected chi connectivity index (χ0v) is 27.1. The van der Waals surface area contributed by atoms with Crippen molar-refractivity contribution in [1.29, 1.82) is 5.41 Å². The lowest BCUT2D eigenvalue weighted by atomic mass is 9.88. The predicted octanol–water partition coefficient (Wildman–Crippen LogP) is 3.41. The summed E-state index contributed by atoms with van der Waals surface area (Å²) in [6, 6.07) is 12.1. The molecule has 2 aromatic rings. The van der Waals surface area contributed by atoms with Gasteiger partial charge in [-0.1, -0.05) is 89.2 Å². The molecule has 0 spiro atoms. The second kappa shape index (κ2) is 14.4. The Hall–Kier alpha value is -4.94. The standard InChI is InChI=1S/C33H44N6O7/c1-20(2)16-25(27(40)36-17-24(28(41)42)37-30(44)46-19-32(3,4)5)39-29(43)33(6,23-14-12-22(13-15-23)26(34)35)38(31(39)45)18-21-10-8-7-9-11-21/h7-15,20,24-25H,16-19H2,1-6H3,(H3,34,35)(H,36,40)(H,37,44)(H,41,42)/t24-,25?,33-/m0/s1. The van der Waals surface area contributed by atoms with Crippen LogP contribution in [0, 0.1) is 16.7 Å². The van der Waals surface area contributed by atoms with Crippen molar-refractivity contribution in [3.8, 4) is 0 Å². The van der Waals surface area contributed by atoms with Gasteiger partial charge in [-0.2, -0.15) is 0 Å². The van der Waals surface area contributed by atoms with E-state index >= 15 is 0 Å². The van der Waals surface area contributed by atoms with Crippen LogP contribution < -0.4 is 16.4 Å². The molecule has 2 aromatic carbocycles. The average molecular weight is 637 g/mol. The molecule has 46 heavy (non-hydrogen) atoms. The number of imide groups is 1. The van der Waals surface area contributed by atoms with E-state index < -0.39 is 54.1 Å². The van der Waals surface area contributed by atoms with Gasteiger partial charge in [-0.15, -0.1) is 0 Å². The number of nitrogens with zero attached hydrogens (tertiary/aromatic N) is 2. The number of carboxylic acid groups (broad SMARTS) is 1. The van der Waals surface area contributed by atoms with Gasteiger partial charge in [0.05, 0.1) is 6.61 Å². The Balaban J connectivity index is 1.94. The third-order valence-corrected chi connectivity index (χ3v) is 7.57. The summed E-state index contributed by atoms with van der Waals surface area (Å²) < 4.78 is 5.10. The number of rotatable bonds is 13. The van der Waals surface area contributed by atoms with Crippen LogP contribution in [0.1, 0.15) is 64.7 Å².